The van der Waals surface area contributed by atoms with Gasteiger partial charge in [0.05, 0.1) is 5.69 Å². The largest absolute Gasteiger partial charge is 0.477 e. The predicted molar refractivity (Wildman–Crippen MR) is 76.1 cm³/mol. The van der Waals surface area contributed by atoms with E-state index in [1.165, 1.54) is 49.9 Å². The van der Waals surface area contributed by atoms with Gasteiger partial charge >= 0.3 is 5.97 Å². The first-order valence-electron chi connectivity index (χ1n) is 7.14. The van der Waals surface area contributed by atoms with Crippen molar-refractivity contribution < 1.29 is 9.90 Å². The fourth-order valence-electron chi connectivity index (χ4n) is 3.57. The van der Waals surface area contributed by atoms with E-state index in [0.29, 0.717) is 16.6 Å². The van der Waals surface area contributed by atoms with Crippen molar-refractivity contribution in [3.05, 3.63) is 10.6 Å². The molecule has 1 aliphatic carbocycles. The third-order valence-electron chi connectivity index (χ3n) is 4.47. The van der Waals surface area contributed by atoms with Gasteiger partial charge in [0.25, 0.3) is 0 Å². The van der Waals surface area contributed by atoms with Crippen LogP contribution in [0.1, 0.15) is 53.9 Å². The number of aromatic nitrogens is 1. The molecule has 3 rings (SSSR count). The van der Waals surface area contributed by atoms with E-state index in [1.54, 1.807) is 6.92 Å². The number of hydrogen-bond donors (Lipinski definition) is 1. The Morgan fingerprint density at radius 1 is 1.32 bits per heavy atom. The van der Waals surface area contributed by atoms with Crippen LogP contribution in [0.2, 0.25) is 0 Å². The van der Waals surface area contributed by atoms with Crippen LogP contribution < -0.4 is 4.90 Å². The van der Waals surface area contributed by atoms with E-state index in [-0.39, 0.29) is 0 Å². The summed E-state index contributed by atoms with van der Waals surface area (Å²) in [5.41, 5.74) is 0.657. The number of anilines is 1. The maximum Gasteiger partial charge on any atom is 0.347 e. The van der Waals surface area contributed by atoms with Crippen molar-refractivity contribution in [2.24, 2.45) is 5.92 Å². The smallest absolute Gasteiger partial charge is 0.347 e. The topological polar surface area (TPSA) is 53.4 Å². The average molecular weight is 280 g/mol. The third-order valence-corrected chi connectivity index (χ3v) is 5.65. The SMILES string of the molecule is Cc1nc(N2CCCC2C2CCCC2)sc1C(=O)O. The maximum atomic E-state index is 11.1. The molecule has 0 bridgehead atoms. The monoisotopic (exact) mass is 280 g/mol. The number of thiazole rings is 1. The first-order chi connectivity index (χ1) is 9.16. The Labute approximate surface area is 117 Å². The Morgan fingerprint density at radius 2 is 2.05 bits per heavy atom. The van der Waals surface area contributed by atoms with Crippen LogP contribution in [-0.4, -0.2) is 28.6 Å². The van der Waals surface area contributed by atoms with Crippen LogP contribution in [0.25, 0.3) is 0 Å². The van der Waals surface area contributed by atoms with Crippen molar-refractivity contribution in [2.75, 3.05) is 11.4 Å². The molecule has 1 unspecified atom stereocenters. The molecular formula is C14H20N2O2S. The second kappa shape index (κ2) is 5.12. The van der Waals surface area contributed by atoms with Crippen LogP contribution in [0.15, 0.2) is 0 Å². The molecule has 4 nitrogen and oxygen atoms in total. The van der Waals surface area contributed by atoms with Crippen LogP contribution in [0, 0.1) is 12.8 Å². The normalized spacial score (nSPS) is 24.3. The van der Waals surface area contributed by atoms with Gasteiger partial charge in [-0.1, -0.05) is 24.2 Å². The molecule has 0 radical (unpaired) electrons. The number of carbonyl (C=O) groups is 1. The molecule has 0 spiro atoms. The molecule has 1 saturated heterocycles. The zero-order valence-electron chi connectivity index (χ0n) is 11.3. The maximum absolute atomic E-state index is 11.1. The highest BCUT2D eigenvalue weighted by molar-refractivity contribution is 7.17. The minimum Gasteiger partial charge on any atom is -0.477 e. The number of nitrogens with zero attached hydrogens (tertiary/aromatic N) is 2. The molecule has 0 aromatic carbocycles. The number of carboxylic acid groups (broad SMARTS) is 1. The van der Waals surface area contributed by atoms with Crippen molar-refractivity contribution in [1.82, 2.24) is 4.98 Å². The summed E-state index contributed by atoms with van der Waals surface area (Å²) < 4.78 is 0. The molecule has 0 amide bonds. The molecule has 5 heteroatoms. The van der Waals surface area contributed by atoms with Crippen LogP contribution in [0.3, 0.4) is 0 Å². The summed E-state index contributed by atoms with van der Waals surface area (Å²) in [7, 11) is 0. The van der Waals surface area contributed by atoms with E-state index in [1.807, 2.05) is 0 Å². The highest BCUT2D eigenvalue weighted by atomic mass is 32.1. The van der Waals surface area contributed by atoms with Gasteiger partial charge in [0.1, 0.15) is 4.88 Å². The minimum absolute atomic E-state index is 0.395. The van der Waals surface area contributed by atoms with Crippen molar-refractivity contribution in [3.8, 4) is 0 Å². The first kappa shape index (κ1) is 12.9. The zero-order chi connectivity index (χ0) is 13.4. The fourth-order valence-corrected chi connectivity index (χ4v) is 4.56. The Bertz CT molecular complexity index is 480. The highest BCUT2D eigenvalue weighted by Gasteiger charge is 2.35. The molecule has 1 saturated carbocycles. The summed E-state index contributed by atoms with van der Waals surface area (Å²) in [6.45, 7) is 2.83. The molecule has 2 fully saturated rings. The highest BCUT2D eigenvalue weighted by Crippen LogP contribution is 2.39. The van der Waals surface area contributed by atoms with Gasteiger partial charge in [-0.15, -0.1) is 0 Å². The van der Waals surface area contributed by atoms with E-state index >= 15 is 0 Å². The standard InChI is InChI=1S/C14H20N2O2S/c1-9-12(13(17)18)19-14(15-9)16-8-4-7-11(16)10-5-2-3-6-10/h10-11H,2-8H2,1H3,(H,17,18). The van der Waals surface area contributed by atoms with Crippen LogP contribution in [0.5, 0.6) is 0 Å². The summed E-state index contributed by atoms with van der Waals surface area (Å²) in [6.07, 6.45) is 7.82. The van der Waals surface area contributed by atoms with Crippen molar-refractivity contribution >= 4 is 22.4 Å². The number of hydrogen-bond acceptors (Lipinski definition) is 4. The molecule has 1 atom stereocenters. The molecule has 1 aromatic heterocycles. The average Bonchev–Trinajstić information content (AvgIpc) is 3.07. The zero-order valence-corrected chi connectivity index (χ0v) is 12.1. The number of carboxylic acids is 1. The lowest BCUT2D eigenvalue weighted by Crippen LogP contribution is -2.34. The lowest BCUT2D eigenvalue weighted by atomic mass is 9.96. The lowest BCUT2D eigenvalue weighted by Gasteiger charge is -2.29. The Balaban J connectivity index is 1.83. The van der Waals surface area contributed by atoms with E-state index in [4.69, 9.17) is 5.11 Å². The van der Waals surface area contributed by atoms with E-state index in [2.05, 4.69) is 9.88 Å². The molecule has 2 aliphatic rings. The molecule has 104 valence electrons. The number of aryl methyl sites for hydroxylation is 1. The van der Waals surface area contributed by atoms with Crippen molar-refractivity contribution in [1.29, 1.82) is 0 Å². The Kier molecular flexibility index (Phi) is 3.48. The second-order valence-corrected chi connectivity index (χ2v) is 6.64. The third kappa shape index (κ3) is 2.36. The molecular weight excluding hydrogens is 260 g/mol. The summed E-state index contributed by atoms with van der Waals surface area (Å²) in [6, 6.07) is 0.592. The molecule has 2 heterocycles. The summed E-state index contributed by atoms with van der Waals surface area (Å²) >= 11 is 1.34. The van der Waals surface area contributed by atoms with Gasteiger partial charge in [-0.3, -0.25) is 0 Å². The van der Waals surface area contributed by atoms with E-state index in [9.17, 15) is 4.79 Å². The van der Waals surface area contributed by atoms with Gasteiger partial charge in [-0.25, -0.2) is 9.78 Å². The summed E-state index contributed by atoms with van der Waals surface area (Å²) in [5, 5.41) is 10.1. The molecule has 1 aliphatic heterocycles. The van der Waals surface area contributed by atoms with Gasteiger partial charge in [-0.2, -0.15) is 0 Å². The van der Waals surface area contributed by atoms with Crippen molar-refractivity contribution in [2.45, 2.75) is 51.5 Å². The van der Waals surface area contributed by atoms with Gasteiger partial charge in [0.15, 0.2) is 5.13 Å². The second-order valence-electron chi connectivity index (χ2n) is 5.66. The van der Waals surface area contributed by atoms with E-state index < -0.39 is 5.97 Å². The lowest BCUT2D eigenvalue weighted by molar-refractivity contribution is 0.0701. The van der Waals surface area contributed by atoms with Crippen molar-refractivity contribution in [3.63, 3.8) is 0 Å². The van der Waals surface area contributed by atoms with Crippen LogP contribution in [0.4, 0.5) is 5.13 Å². The molecule has 1 N–H and O–H groups in total. The Hall–Kier alpha value is -1.10. The van der Waals surface area contributed by atoms with Gasteiger partial charge in [0.2, 0.25) is 0 Å². The Morgan fingerprint density at radius 3 is 2.68 bits per heavy atom. The quantitative estimate of drug-likeness (QED) is 0.923. The van der Waals surface area contributed by atoms with Gasteiger partial charge in [-0.05, 0) is 38.5 Å². The molecule has 1 aromatic rings. The fraction of sp³-hybridized carbons (Fsp3) is 0.714. The van der Waals surface area contributed by atoms with Gasteiger partial charge < -0.3 is 10.0 Å². The first-order valence-corrected chi connectivity index (χ1v) is 7.96. The molecule has 19 heavy (non-hydrogen) atoms. The van der Waals surface area contributed by atoms with Crippen LogP contribution in [-0.2, 0) is 0 Å². The number of rotatable bonds is 3. The summed E-state index contributed by atoms with van der Waals surface area (Å²) in [5.74, 6) is -0.0575. The summed E-state index contributed by atoms with van der Waals surface area (Å²) in [4.78, 5) is 18.4. The minimum atomic E-state index is -0.849. The van der Waals surface area contributed by atoms with E-state index in [0.717, 1.165) is 17.6 Å². The number of aromatic carboxylic acids is 1. The van der Waals surface area contributed by atoms with Gasteiger partial charge in [0, 0.05) is 12.6 Å². The predicted octanol–water partition coefficient (Wildman–Crippen LogP) is 3.31. The van der Waals surface area contributed by atoms with Crippen LogP contribution >= 0.6 is 11.3 Å².